The number of oxazole rings is 1. The Morgan fingerprint density at radius 2 is 2.33 bits per heavy atom. The predicted molar refractivity (Wildman–Crippen MR) is 64.7 cm³/mol. The van der Waals surface area contributed by atoms with Crippen LogP contribution in [0.2, 0.25) is 5.02 Å². The van der Waals surface area contributed by atoms with E-state index in [0.29, 0.717) is 21.0 Å². The molecule has 5 heteroatoms. The first-order valence-corrected chi connectivity index (χ1v) is 5.91. The van der Waals surface area contributed by atoms with Gasteiger partial charge in [0.15, 0.2) is 5.58 Å². The highest BCUT2D eigenvalue weighted by Gasteiger charge is 2.06. The van der Waals surface area contributed by atoms with Crippen molar-refractivity contribution in [3.8, 4) is 0 Å². The lowest BCUT2D eigenvalue weighted by molar-refractivity contribution is 0.490. The fourth-order valence-corrected chi connectivity index (χ4v) is 2.00. The van der Waals surface area contributed by atoms with Crippen LogP contribution in [-0.4, -0.2) is 10.7 Å². The Balaban J connectivity index is 2.27. The first kappa shape index (κ1) is 10.9. The first-order valence-electron chi connectivity index (χ1n) is 4.17. The van der Waals surface area contributed by atoms with Gasteiger partial charge >= 0.3 is 0 Å². The summed E-state index contributed by atoms with van der Waals surface area (Å²) in [7, 11) is 0. The minimum absolute atomic E-state index is 0.570. The summed E-state index contributed by atoms with van der Waals surface area (Å²) in [5, 5.41) is 1.79. The average Bonchev–Trinajstić information content (AvgIpc) is 2.56. The molecule has 0 spiro atoms. The zero-order valence-corrected chi connectivity index (χ0v) is 9.99. The highest BCUT2D eigenvalue weighted by atomic mass is 35.5. The standard InChI is InChI=1S/C10H7Cl2NOS/c1-6(11)5-15-10-13-8-4-7(12)2-3-9(8)14-10/h2-4H,1,5H2. The molecule has 0 unspecified atom stereocenters. The molecule has 0 N–H and O–H groups in total. The molecule has 0 bridgehead atoms. The van der Waals surface area contributed by atoms with Crippen molar-refractivity contribution >= 4 is 46.1 Å². The largest absolute Gasteiger partial charge is 0.431 e. The highest BCUT2D eigenvalue weighted by molar-refractivity contribution is 7.99. The summed E-state index contributed by atoms with van der Waals surface area (Å²) < 4.78 is 5.47. The second-order valence-electron chi connectivity index (χ2n) is 2.90. The van der Waals surface area contributed by atoms with Crippen LogP contribution in [0.5, 0.6) is 0 Å². The van der Waals surface area contributed by atoms with Gasteiger partial charge in [-0.3, -0.25) is 0 Å². The van der Waals surface area contributed by atoms with E-state index in [1.807, 2.05) is 0 Å². The summed E-state index contributed by atoms with van der Waals surface area (Å²) in [6.07, 6.45) is 0. The maximum atomic E-state index is 5.83. The third-order valence-corrected chi connectivity index (χ3v) is 3.12. The number of thioether (sulfide) groups is 1. The molecule has 0 saturated heterocycles. The molecule has 0 fully saturated rings. The van der Waals surface area contributed by atoms with Crippen LogP contribution in [0.3, 0.4) is 0 Å². The van der Waals surface area contributed by atoms with Gasteiger partial charge in [-0.25, -0.2) is 4.98 Å². The third-order valence-electron chi connectivity index (χ3n) is 1.68. The van der Waals surface area contributed by atoms with E-state index in [-0.39, 0.29) is 0 Å². The molecule has 1 aromatic heterocycles. The molecule has 2 rings (SSSR count). The number of halogens is 2. The number of nitrogens with zero attached hydrogens (tertiary/aromatic N) is 1. The van der Waals surface area contributed by atoms with Crippen LogP contribution in [0.25, 0.3) is 11.1 Å². The number of hydrogen-bond donors (Lipinski definition) is 0. The molecule has 1 heterocycles. The predicted octanol–water partition coefficient (Wildman–Crippen LogP) is 4.33. The fourth-order valence-electron chi connectivity index (χ4n) is 1.08. The summed E-state index contributed by atoms with van der Waals surface area (Å²) in [5.74, 6) is 0.585. The Morgan fingerprint density at radius 1 is 1.53 bits per heavy atom. The van der Waals surface area contributed by atoms with E-state index >= 15 is 0 Å². The first-order chi connectivity index (χ1) is 7.15. The highest BCUT2D eigenvalue weighted by Crippen LogP contribution is 2.26. The van der Waals surface area contributed by atoms with Gasteiger partial charge in [0.1, 0.15) is 5.52 Å². The Hall–Kier alpha value is -0.640. The molecule has 2 nitrogen and oxygen atoms in total. The number of fused-ring (bicyclic) bond motifs is 1. The lowest BCUT2D eigenvalue weighted by Gasteiger charge is -1.91. The Labute approximate surface area is 101 Å². The summed E-state index contributed by atoms with van der Waals surface area (Å²) in [4.78, 5) is 4.26. The topological polar surface area (TPSA) is 26.0 Å². The zero-order valence-electron chi connectivity index (χ0n) is 7.67. The van der Waals surface area contributed by atoms with Gasteiger partial charge in [0.05, 0.1) is 0 Å². The van der Waals surface area contributed by atoms with Crippen molar-refractivity contribution in [1.82, 2.24) is 4.98 Å². The number of benzene rings is 1. The number of hydrogen-bond acceptors (Lipinski definition) is 3. The van der Waals surface area contributed by atoms with Crippen molar-refractivity contribution in [1.29, 1.82) is 0 Å². The number of rotatable bonds is 3. The Bertz CT molecular complexity index is 509. The minimum atomic E-state index is 0.570. The maximum Gasteiger partial charge on any atom is 0.257 e. The van der Waals surface area contributed by atoms with Crippen LogP contribution in [0.4, 0.5) is 0 Å². The van der Waals surface area contributed by atoms with Gasteiger partial charge in [0.2, 0.25) is 0 Å². The molecule has 0 aliphatic carbocycles. The molecule has 15 heavy (non-hydrogen) atoms. The van der Waals surface area contributed by atoms with E-state index in [1.54, 1.807) is 18.2 Å². The second kappa shape index (κ2) is 4.47. The van der Waals surface area contributed by atoms with Crippen molar-refractivity contribution in [2.75, 3.05) is 5.75 Å². The molecule has 0 atom stereocenters. The van der Waals surface area contributed by atoms with Gasteiger partial charge < -0.3 is 4.42 Å². The van der Waals surface area contributed by atoms with Gasteiger partial charge in [-0.2, -0.15) is 0 Å². The normalized spacial score (nSPS) is 10.8. The molecule has 0 saturated carbocycles. The monoisotopic (exact) mass is 259 g/mol. The van der Waals surface area contributed by atoms with Gasteiger partial charge in [-0.1, -0.05) is 41.5 Å². The molecule has 0 aliphatic rings. The van der Waals surface area contributed by atoms with Gasteiger partial charge in [0, 0.05) is 15.8 Å². The third kappa shape index (κ3) is 2.68. The molecule has 2 aromatic rings. The average molecular weight is 260 g/mol. The van der Waals surface area contributed by atoms with E-state index in [9.17, 15) is 0 Å². The Kier molecular flexibility index (Phi) is 3.24. The van der Waals surface area contributed by atoms with Crippen molar-refractivity contribution in [3.05, 3.63) is 34.8 Å². The SMILES string of the molecule is C=C(Cl)CSc1nc2cc(Cl)ccc2o1. The second-order valence-corrected chi connectivity index (χ2v) is 4.80. The lowest BCUT2D eigenvalue weighted by atomic mass is 10.3. The van der Waals surface area contributed by atoms with Crippen LogP contribution < -0.4 is 0 Å². The van der Waals surface area contributed by atoms with E-state index in [0.717, 1.165) is 11.1 Å². The maximum absolute atomic E-state index is 5.83. The van der Waals surface area contributed by atoms with Gasteiger partial charge in [-0.05, 0) is 18.2 Å². The molecule has 1 aromatic carbocycles. The van der Waals surface area contributed by atoms with Gasteiger partial charge in [0.25, 0.3) is 5.22 Å². The molecular weight excluding hydrogens is 253 g/mol. The zero-order chi connectivity index (χ0) is 10.8. The van der Waals surface area contributed by atoms with Crippen molar-refractivity contribution in [2.45, 2.75) is 5.22 Å². The minimum Gasteiger partial charge on any atom is -0.431 e. The molecule has 0 amide bonds. The molecule has 78 valence electrons. The van der Waals surface area contributed by atoms with E-state index in [1.165, 1.54) is 11.8 Å². The van der Waals surface area contributed by atoms with E-state index in [4.69, 9.17) is 27.6 Å². The Morgan fingerprint density at radius 3 is 3.07 bits per heavy atom. The summed E-state index contributed by atoms with van der Waals surface area (Å²) in [6.45, 7) is 3.59. The smallest absolute Gasteiger partial charge is 0.257 e. The lowest BCUT2D eigenvalue weighted by Crippen LogP contribution is -1.76. The van der Waals surface area contributed by atoms with Crippen molar-refractivity contribution in [3.63, 3.8) is 0 Å². The van der Waals surface area contributed by atoms with E-state index < -0.39 is 0 Å². The van der Waals surface area contributed by atoms with Crippen LogP contribution >= 0.6 is 35.0 Å². The quantitative estimate of drug-likeness (QED) is 0.768. The van der Waals surface area contributed by atoms with Crippen LogP contribution in [0, 0.1) is 0 Å². The van der Waals surface area contributed by atoms with Crippen molar-refractivity contribution < 1.29 is 4.42 Å². The van der Waals surface area contributed by atoms with Crippen LogP contribution in [-0.2, 0) is 0 Å². The van der Waals surface area contributed by atoms with Crippen LogP contribution in [0.15, 0.2) is 39.5 Å². The van der Waals surface area contributed by atoms with Crippen LogP contribution in [0.1, 0.15) is 0 Å². The van der Waals surface area contributed by atoms with Gasteiger partial charge in [-0.15, -0.1) is 0 Å². The number of aromatic nitrogens is 1. The molecular formula is C10H7Cl2NOS. The fraction of sp³-hybridized carbons (Fsp3) is 0.100. The van der Waals surface area contributed by atoms with Crippen molar-refractivity contribution in [2.24, 2.45) is 0 Å². The summed E-state index contributed by atoms with van der Waals surface area (Å²) in [5.41, 5.74) is 1.48. The molecule has 0 radical (unpaired) electrons. The summed E-state index contributed by atoms with van der Waals surface area (Å²) in [6, 6.07) is 5.33. The molecule has 0 aliphatic heterocycles. The van der Waals surface area contributed by atoms with E-state index in [2.05, 4.69) is 11.6 Å². The summed E-state index contributed by atoms with van der Waals surface area (Å²) >= 11 is 12.9.